The summed E-state index contributed by atoms with van der Waals surface area (Å²) in [6, 6.07) is 0.282. The lowest BCUT2D eigenvalue weighted by Crippen LogP contribution is -2.37. The van der Waals surface area contributed by atoms with Crippen molar-refractivity contribution in [2.24, 2.45) is 22.4 Å². The highest BCUT2D eigenvalue weighted by Crippen LogP contribution is 2.62. The fourth-order valence-electron chi connectivity index (χ4n) is 3.12. The Kier molecular flexibility index (Phi) is 1.36. The normalized spacial score (nSPS) is 48.6. The summed E-state index contributed by atoms with van der Waals surface area (Å²) < 4.78 is 0. The summed E-state index contributed by atoms with van der Waals surface area (Å²) in [7, 11) is 0. The Morgan fingerprint density at radius 3 is 3.14 bits per heavy atom. The van der Waals surface area contributed by atoms with E-state index in [9.17, 15) is 4.79 Å². The van der Waals surface area contributed by atoms with Gasteiger partial charge in [0.15, 0.2) is 0 Å². The van der Waals surface area contributed by atoms with Crippen LogP contribution >= 0.6 is 0 Å². The van der Waals surface area contributed by atoms with Crippen LogP contribution in [0.15, 0.2) is 5.10 Å². The van der Waals surface area contributed by atoms with Crippen molar-refractivity contribution in [2.75, 3.05) is 0 Å². The van der Waals surface area contributed by atoms with Crippen LogP contribution in [-0.2, 0) is 4.79 Å². The minimum absolute atomic E-state index is 0.160. The van der Waals surface area contributed by atoms with E-state index >= 15 is 0 Å². The Labute approximate surface area is 82.4 Å². The van der Waals surface area contributed by atoms with E-state index in [-0.39, 0.29) is 12.0 Å². The smallest absolute Gasteiger partial charge is 0.352 e. The van der Waals surface area contributed by atoms with Crippen LogP contribution in [0, 0.1) is 17.3 Å². The number of hydrogen-bond donors (Lipinski definition) is 2. The summed E-state index contributed by atoms with van der Waals surface area (Å²) >= 11 is 0. The zero-order valence-electron chi connectivity index (χ0n) is 8.16. The van der Waals surface area contributed by atoms with E-state index in [0.29, 0.717) is 11.1 Å². The fraction of sp³-hybridized carbons (Fsp3) is 0.800. The average molecular weight is 194 g/mol. The molecule has 4 atom stereocenters. The lowest BCUT2D eigenvalue weighted by molar-refractivity contribution is -0.129. The molecular weight excluding hydrogens is 180 g/mol. The van der Waals surface area contributed by atoms with E-state index in [4.69, 9.17) is 5.11 Å². The van der Waals surface area contributed by atoms with Gasteiger partial charge in [-0.1, -0.05) is 6.92 Å². The van der Waals surface area contributed by atoms with E-state index in [2.05, 4.69) is 17.5 Å². The molecule has 3 aliphatic rings. The Hall–Kier alpha value is -1.06. The van der Waals surface area contributed by atoms with Crippen LogP contribution in [0.1, 0.15) is 26.2 Å². The van der Waals surface area contributed by atoms with Crippen molar-refractivity contribution < 1.29 is 9.90 Å². The predicted molar refractivity (Wildman–Crippen MR) is 50.9 cm³/mol. The van der Waals surface area contributed by atoms with Gasteiger partial charge in [-0.15, -0.1) is 0 Å². The molecule has 1 heterocycles. The third-order valence-corrected chi connectivity index (χ3v) is 4.17. The Balaban J connectivity index is 1.83. The number of carboxylic acid groups (broad SMARTS) is 1. The van der Waals surface area contributed by atoms with Crippen LogP contribution in [0.25, 0.3) is 0 Å². The molecule has 2 fully saturated rings. The number of nitrogens with one attached hydrogen (secondary N) is 1. The molecule has 4 nitrogen and oxygen atoms in total. The molecule has 0 bridgehead atoms. The van der Waals surface area contributed by atoms with Gasteiger partial charge in [0.25, 0.3) is 0 Å². The molecule has 14 heavy (non-hydrogen) atoms. The van der Waals surface area contributed by atoms with E-state index in [1.54, 1.807) is 0 Å². The molecule has 0 radical (unpaired) electrons. The summed E-state index contributed by atoms with van der Waals surface area (Å²) in [6.45, 7) is 2.30. The zero-order chi connectivity index (χ0) is 9.92. The molecule has 0 amide bonds. The van der Waals surface area contributed by atoms with Crippen molar-refractivity contribution in [3.63, 3.8) is 0 Å². The van der Waals surface area contributed by atoms with E-state index in [1.165, 1.54) is 6.42 Å². The third-order valence-electron chi connectivity index (χ3n) is 4.17. The number of fused-ring (bicyclic) bond motifs is 2. The lowest BCUT2D eigenvalue weighted by atomic mass is 9.77. The lowest BCUT2D eigenvalue weighted by Gasteiger charge is -2.28. The largest absolute Gasteiger partial charge is 0.477 e. The summed E-state index contributed by atoms with van der Waals surface area (Å²) in [6.07, 6.45) is 3.37. The topological polar surface area (TPSA) is 61.7 Å². The van der Waals surface area contributed by atoms with E-state index in [1.807, 2.05) is 0 Å². The molecule has 0 spiro atoms. The van der Waals surface area contributed by atoms with Crippen molar-refractivity contribution in [1.82, 2.24) is 5.43 Å². The molecule has 0 aromatic rings. The number of hydrogen-bond acceptors (Lipinski definition) is 3. The molecule has 0 aromatic heterocycles. The molecular formula is C10H14N2O2. The van der Waals surface area contributed by atoms with Crippen LogP contribution in [-0.4, -0.2) is 22.8 Å². The Morgan fingerprint density at radius 2 is 2.43 bits per heavy atom. The minimum Gasteiger partial charge on any atom is -0.477 e. The number of carbonyl (C=O) groups is 1. The quantitative estimate of drug-likeness (QED) is 0.650. The van der Waals surface area contributed by atoms with Gasteiger partial charge in [0, 0.05) is 5.92 Å². The minimum atomic E-state index is -0.853. The monoisotopic (exact) mass is 194 g/mol. The molecule has 0 saturated heterocycles. The van der Waals surface area contributed by atoms with Gasteiger partial charge in [-0.3, -0.25) is 0 Å². The number of carboxylic acids is 1. The molecule has 2 N–H and O–H groups in total. The van der Waals surface area contributed by atoms with Crippen molar-refractivity contribution >= 4 is 11.7 Å². The third kappa shape index (κ3) is 0.938. The van der Waals surface area contributed by atoms with E-state index < -0.39 is 5.97 Å². The number of rotatable bonds is 1. The molecule has 3 unspecified atom stereocenters. The highest BCUT2D eigenvalue weighted by Gasteiger charge is 2.58. The first-order valence-corrected chi connectivity index (χ1v) is 5.16. The van der Waals surface area contributed by atoms with Gasteiger partial charge < -0.3 is 10.5 Å². The highest BCUT2D eigenvalue weighted by atomic mass is 16.4. The second-order valence-electron chi connectivity index (χ2n) is 5.14. The van der Waals surface area contributed by atoms with Crippen molar-refractivity contribution in [1.29, 1.82) is 0 Å². The predicted octanol–water partition coefficient (Wildman–Crippen LogP) is 0.835. The first kappa shape index (κ1) is 8.26. The van der Waals surface area contributed by atoms with Gasteiger partial charge in [0.2, 0.25) is 0 Å². The maximum Gasteiger partial charge on any atom is 0.352 e. The first-order valence-electron chi connectivity index (χ1n) is 5.16. The van der Waals surface area contributed by atoms with Crippen LogP contribution < -0.4 is 5.43 Å². The van der Waals surface area contributed by atoms with E-state index in [0.717, 1.165) is 18.8 Å². The average Bonchev–Trinajstić information content (AvgIpc) is 2.57. The first-order chi connectivity index (χ1) is 6.60. The maximum atomic E-state index is 10.9. The van der Waals surface area contributed by atoms with Crippen LogP contribution in [0.3, 0.4) is 0 Å². The SMILES string of the molecule is CC12CC3NN=C(C(=O)O)C3C[C@H]1C2. The standard InChI is InChI=1S/C10H14N2O2/c1-10-3-5(10)2-6-7(4-10)11-12-8(6)9(13)14/h5-7,11H,2-4H2,1H3,(H,13,14)/t5-,6?,7?,10?/m0/s1. The van der Waals surface area contributed by atoms with Gasteiger partial charge in [0.05, 0.1) is 6.04 Å². The second kappa shape index (κ2) is 2.30. The molecule has 2 saturated carbocycles. The zero-order valence-corrected chi connectivity index (χ0v) is 8.16. The molecule has 76 valence electrons. The molecule has 2 aliphatic carbocycles. The summed E-state index contributed by atoms with van der Waals surface area (Å²) in [4.78, 5) is 10.9. The van der Waals surface area contributed by atoms with Crippen LogP contribution in [0.5, 0.6) is 0 Å². The molecule has 4 heteroatoms. The van der Waals surface area contributed by atoms with Crippen LogP contribution in [0.4, 0.5) is 0 Å². The second-order valence-corrected chi connectivity index (χ2v) is 5.14. The van der Waals surface area contributed by atoms with Gasteiger partial charge in [-0.2, -0.15) is 5.10 Å². The molecule has 3 rings (SSSR count). The summed E-state index contributed by atoms with van der Waals surface area (Å²) in [5, 5.41) is 12.9. The van der Waals surface area contributed by atoms with Crippen molar-refractivity contribution in [2.45, 2.75) is 32.2 Å². The van der Waals surface area contributed by atoms with Crippen LogP contribution in [0.2, 0.25) is 0 Å². The number of aliphatic carboxylic acids is 1. The maximum absolute atomic E-state index is 10.9. The number of hydrazone groups is 1. The highest BCUT2D eigenvalue weighted by molar-refractivity contribution is 6.37. The fourth-order valence-corrected chi connectivity index (χ4v) is 3.12. The molecule has 0 aromatic carbocycles. The molecule has 1 aliphatic heterocycles. The Morgan fingerprint density at radius 1 is 1.64 bits per heavy atom. The van der Waals surface area contributed by atoms with Gasteiger partial charge in [-0.05, 0) is 30.6 Å². The Bertz CT molecular complexity index is 339. The summed E-state index contributed by atoms with van der Waals surface area (Å²) in [5.41, 5.74) is 3.81. The van der Waals surface area contributed by atoms with Crippen molar-refractivity contribution in [3.8, 4) is 0 Å². The van der Waals surface area contributed by atoms with Crippen molar-refractivity contribution in [3.05, 3.63) is 0 Å². The summed E-state index contributed by atoms with van der Waals surface area (Å²) in [5.74, 6) is 0.0514. The number of nitrogens with zero attached hydrogens (tertiary/aromatic N) is 1. The van der Waals surface area contributed by atoms with Gasteiger partial charge in [0.1, 0.15) is 5.71 Å². The van der Waals surface area contributed by atoms with Gasteiger partial charge >= 0.3 is 5.97 Å². The van der Waals surface area contributed by atoms with Gasteiger partial charge in [-0.25, -0.2) is 4.79 Å².